The normalized spacial score (nSPS) is 11.0. The molecule has 0 atom stereocenters. The van der Waals surface area contributed by atoms with Crippen LogP contribution in [0.25, 0.3) is 0 Å². The predicted octanol–water partition coefficient (Wildman–Crippen LogP) is 1.97. The van der Waals surface area contributed by atoms with Crippen molar-refractivity contribution in [3.05, 3.63) is 65.5 Å². The van der Waals surface area contributed by atoms with Gasteiger partial charge in [0, 0.05) is 32.2 Å². The average molecular weight is 372 g/mol. The van der Waals surface area contributed by atoms with Crippen molar-refractivity contribution in [1.82, 2.24) is 16.0 Å². The van der Waals surface area contributed by atoms with Gasteiger partial charge in [0.25, 0.3) is 5.91 Å². The quantitative estimate of drug-likeness (QED) is 0.376. The number of nitrogens with zero attached hydrogens (tertiary/aromatic N) is 1. The van der Waals surface area contributed by atoms with Gasteiger partial charge in [-0.3, -0.25) is 9.79 Å². The first-order valence-electron chi connectivity index (χ1n) is 8.73. The minimum Gasteiger partial charge on any atom is -0.497 e. The standard InChI is InChI=1S/C20H25FN4O2/c1-22-20(24-10-9-15-5-3-7-17(21)13-15)25-12-11-23-19(26)16-6-4-8-18(14-16)27-2/h3-8,13-14H,9-12H2,1-2H3,(H,23,26)(H2,22,24,25). The third-order valence-electron chi connectivity index (χ3n) is 3.85. The number of halogens is 1. The van der Waals surface area contributed by atoms with Gasteiger partial charge in [-0.15, -0.1) is 0 Å². The Balaban J connectivity index is 1.67. The zero-order chi connectivity index (χ0) is 19.5. The summed E-state index contributed by atoms with van der Waals surface area (Å²) in [6.07, 6.45) is 0.686. The van der Waals surface area contributed by atoms with Gasteiger partial charge in [-0.25, -0.2) is 4.39 Å². The summed E-state index contributed by atoms with van der Waals surface area (Å²) in [5.41, 5.74) is 1.47. The van der Waals surface area contributed by atoms with Gasteiger partial charge in [0.2, 0.25) is 0 Å². The highest BCUT2D eigenvalue weighted by atomic mass is 19.1. The molecule has 0 spiro atoms. The molecule has 2 rings (SSSR count). The van der Waals surface area contributed by atoms with Crippen molar-refractivity contribution in [3.63, 3.8) is 0 Å². The van der Waals surface area contributed by atoms with Crippen molar-refractivity contribution < 1.29 is 13.9 Å². The zero-order valence-electron chi connectivity index (χ0n) is 15.6. The van der Waals surface area contributed by atoms with Crippen molar-refractivity contribution in [1.29, 1.82) is 0 Å². The first-order chi connectivity index (χ1) is 13.1. The van der Waals surface area contributed by atoms with Crippen molar-refractivity contribution in [3.8, 4) is 5.75 Å². The van der Waals surface area contributed by atoms with E-state index in [-0.39, 0.29) is 11.7 Å². The molecule has 0 aliphatic carbocycles. The van der Waals surface area contributed by atoms with Gasteiger partial charge in [0.1, 0.15) is 11.6 Å². The summed E-state index contributed by atoms with van der Waals surface area (Å²) in [6.45, 7) is 1.59. The predicted molar refractivity (Wildman–Crippen MR) is 105 cm³/mol. The van der Waals surface area contributed by atoms with Crippen LogP contribution in [0.15, 0.2) is 53.5 Å². The van der Waals surface area contributed by atoms with E-state index in [0.717, 1.165) is 5.56 Å². The Kier molecular flexibility index (Phi) is 8.09. The van der Waals surface area contributed by atoms with Crippen molar-refractivity contribution in [2.24, 2.45) is 4.99 Å². The van der Waals surface area contributed by atoms with Gasteiger partial charge in [0.05, 0.1) is 7.11 Å². The maximum absolute atomic E-state index is 13.2. The number of rotatable bonds is 8. The SMILES string of the molecule is CN=C(NCCNC(=O)c1cccc(OC)c1)NCCc1cccc(F)c1. The number of guanidine groups is 1. The summed E-state index contributed by atoms with van der Waals surface area (Å²) in [5.74, 6) is 0.872. The summed E-state index contributed by atoms with van der Waals surface area (Å²) in [7, 11) is 3.24. The molecule has 144 valence electrons. The lowest BCUT2D eigenvalue weighted by Gasteiger charge is -2.12. The molecule has 0 saturated carbocycles. The van der Waals surface area contributed by atoms with Crippen LogP contribution in [0, 0.1) is 5.82 Å². The third-order valence-corrected chi connectivity index (χ3v) is 3.85. The van der Waals surface area contributed by atoms with Crippen LogP contribution in [0.3, 0.4) is 0 Å². The van der Waals surface area contributed by atoms with Gasteiger partial charge < -0.3 is 20.7 Å². The Hall–Kier alpha value is -3.09. The molecular weight excluding hydrogens is 347 g/mol. The number of hydrogen-bond donors (Lipinski definition) is 3. The maximum Gasteiger partial charge on any atom is 0.251 e. The van der Waals surface area contributed by atoms with Gasteiger partial charge in [-0.1, -0.05) is 18.2 Å². The van der Waals surface area contributed by atoms with E-state index in [9.17, 15) is 9.18 Å². The molecule has 0 aliphatic heterocycles. The van der Waals surface area contributed by atoms with Gasteiger partial charge in [0.15, 0.2) is 5.96 Å². The molecule has 0 fully saturated rings. The summed E-state index contributed by atoms with van der Waals surface area (Å²) >= 11 is 0. The van der Waals surface area contributed by atoms with E-state index in [1.165, 1.54) is 12.1 Å². The Morgan fingerprint density at radius 3 is 2.52 bits per heavy atom. The van der Waals surface area contributed by atoms with E-state index >= 15 is 0 Å². The van der Waals surface area contributed by atoms with Crippen LogP contribution in [0.5, 0.6) is 5.75 Å². The average Bonchev–Trinajstić information content (AvgIpc) is 2.69. The number of methoxy groups -OCH3 is 1. The van der Waals surface area contributed by atoms with E-state index in [2.05, 4.69) is 20.9 Å². The van der Waals surface area contributed by atoms with Crippen molar-refractivity contribution in [2.75, 3.05) is 33.8 Å². The lowest BCUT2D eigenvalue weighted by atomic mass is 10.1. The summed E-state index contributed by atoms with van der Waals surface area (Å²) in [4.78, 5) is 16.2. The number of amides is 1. The molecule has 0 saturated heterocycles. The zero-order valence-corrected chi connectivity index (χ0v) is 15.6. The topological polar surface area (TPSA) is 74.8 Å². The van der Waals surface area contributed by atoms with Crippen LogP contribution >= 0.6 is 0 Å². The van der Waals surface area contributed by atoms with Gasteiger partial charge >= 0.3 is 0 Å². The van der Waals surface area contributed by atoms with Crippen LogP contribution in [-0.4, -0.2) is 45.7 Å². The van der Waals surface area contributed by atoms with Crippen LogP contribution in [0.2, 0.25) is 0 Å². The second-order valence-corrected chi connectivity index (χ2v) is 5.79. The largest absolute Gasteiger partial charge is 0.497 e. The molecule has 0 radical (unpaired) electrons. The number of carbonyl (C=O) groups is 1. The summed E-state index contributed by atoms with van der Waals surface area (Å²) < 4.78 is 18.3. The monoisotopic (exact) mass is 372 g/mol. The number of aliphatic imine (C=N–C) groups is 1. The highest BCUT2D eigenvalue weighted by molar-refractivity contribution is 5.94. The van der Waals surface area contributed by atoms with Crippen LogP contribution in [0.1, 0.15) is 15.9 Å². The highest BCUT2D eigenvalue weighted by Crippen LogP contribution is 2.12. The number of benzene rings is 2. The van der Waals surface area contributed by atoms with Crippen LogP contribution in [-0.2, 0) is 6.42 Å². The van der Waals surface area contributed by atoms with Gasteiger partial charge in [-0.05, 0) is 42.3 Å². The Labute approximate surface area is 158 Å². The fourth-order valence-electron chi connectivity index (χ4n) is 2.46. The number of hydrogen-bond acceptors (Lipinski definition) is 3. The molecule has 7 heteroatoms. The molecule has 3 N–H and O–H groups in total. The minimum atomic E-state index is -0.234. The number of ether oxygens (including phenoxy) is 1. The number of nitrogens with one attached hydrogen (secondary N) is 3. The van der Waals surface area contributed by atoms with E-state index in [4.69, 9.17) is 4.74 Å². The fourth-order valence-corrected chi connectivity index (χ4v) is 2.46. The lowest BCUT2D eigenvalue weighted by Crippen LogP contribution is -2.42. The van der Waals surface area contributed by atoms with E-state index in [0.29, 0.717) is 43.3 Å². The van der Waals surface area contributed by atoms with Gasteiger partial charge in [-0.2, -0.15) is 0 Å². The minimum absolute atomic E-state index is 0.162. The molecule has 0 unspecified atom stereocenters. The van der Waals surface area contributed by atoms with Crippen molar-refractivity contribution >= 4 is 11.9 Å². The Morgan fingerprint density at radius 1 is 1.04 bits per heavy atom. The first-order valence-corrected chi connectivity index (χ1v) is 8.73. The molecule has 0 aliphatic rings. The molecule has 27 heavy (non-hydrogen) atoms. The summed E-state index contributed by atoms with van der Waals surface area (Å²) in [6, 6.07) is 13.5. The van der Waals surface area contributed by atoms with Crippen molar-refractivity contribution in [2.45, 2.75) is 6.42 Å². The smallest absolute Gasteiger partial charge is 0.251 e. The van der Waals surface area contributed by atoms with E-state index in [1.807, 2.05) is 6.07 Å². The highest BCUT2D eigenvalue weighted by Gasteiger charge is 2.06. The molecule has 6 nitrogen and oxygen atoms in total. The number of carbonyl (C=O) groups excluding carboxylic acids is 1. The lowest BCUT2D eigenvalue weighted by molar-refractivity contribution is 0.0954. The second-order valence-electron chi connectivity index (χ2n) is 5.79. The Morgan fingerprint density at radius 2 is 1.78 bits per heavy atom. The first kappa shape index (κ1) is 20.2. The molecule has 0 aromatic heterocycles. The Bertz CT molecular complexity index is 780. The molecule has 1 amide bonds. The van der Waals surface area contributed by atoms with Crippen LogP contribution in [0.4, 0.5) is 4.39 Å². The van der Waals surface area contributed by atoms with E-state index < -0.39 is 0 Å². The maximum atomic E-state index is 13.2. The molecule has 2 aromatic carbocycles. The van der Waals surface area contributed by atoms with E-state index in [1.54, 1.807) is 44.5 Å². The summed E-state index contributed by atoms with van der Waals surface area (Å²) in [5, 5.41) is 9.12. The molecular formula is C20H25FN4O2. The second kappa shape index (κ2) is 10.8. The van der Waals surface area contributed by atoms with Crippen LogP contribution < -0.4 is 20.7 Å². The fraction of sp³-hybridized carbons (Fsp3) is 0.300. The molecule has 2 aromatic rings. The molecule has 0 bridgehead atoms. The third kappa shape index (κ3) is 6.97. The molecule has 0 heterocycles.